The number of benzene rings is 2. The van der Waals surface area contributed by atoms with Gasteiger partial charge in [0.1, 0.15) is 0 Å². The van der Waals surface area contributed by atoms with Gasteiger partial charge >= 0.3 is 0 Å². The SMILES string of the molecule is Cc1ccccc1Cn1cccc1CN(CCC(C)C)C[C@@H](O)Cc1ccccc1. The first kappa shape index (κ1) is 22.3. The molecule has 2 aromatic carbocycles. The van der Waals surface area contributed by atoms with E-state index in [0.29, 0.717) is 18.9 Å². The molecule has 0 aliphatic rings. The average molecular weight is 405 g/mol. The average Bonchev–Trinajstić information content (AvgIpc) is 3.15. The van der Waals surface area contributed by atoms with Crippen molar-refractivity contribution >= 4 is 0 Å². The molecule has 3 rings (SSSR count). The monoisotopic (exact) mass is 404 g/mol. The van der Waals surface area contributed by atoms with E-state index in [1.165, 1.54) is 22.4 Å². The summed E-state index contributed by atoms with van der Waals surface area (Å²) < 4.78 is 2.34. The van der Waals surface area contributed by atoms with Gasteiger partial charge in [-0.05, 0) is 61.1 Å². The van der Waals surface area contributed by atoms with Crippen LogP contribution in [0.5, 0.6) is 0 Å². The zero-order chi connectivity index (χ0) is 21.3. The van der Waals surface area contributed by atoms with Crippen LogP contribution in [0.25, 0.3) is 0 Å². The van der Waals surface area contributed by atoms with Crippen LogP contribution in [0.2, 0.25) is 0 Å². The fourth-order valence-electron chi connectivity index (χ4n) is 3.87. The van der Waals surface area contributed by atoms with Crippen molar-refractivity contribution < 1.29 is 5.11 Å². The Morgan fingerprint density at radius 3 is 2.40 bits per heavy atom. The van der Waals surface area contributed by atoms with Gasteiger partial charge in [0.05, 0.1) is 6.10 Å². The molecule has 0 aliphatic carbocycles. The minimum absolute atomic E-state index is 0.362. The first-order chi connectivity index (χ1) is 14.5. The minimum atomic E-state index is -0.362. The molecule has 0 saturated carbocycles. The molecule has 0 bridgehead atoms. The van der Waals surface area contributed by atoms with Gasteiger partial charge in [-0.2, -0.15) is 0 Å². The lowest BCUT2D eigenvalue weighted by Gasteiger charge is -2.26. The summed E-state index contributed by atoms with van der Waals surface area (Å²) in [7, 11) is 0. The highest BCUT2D eigenvalue weighted by Gasteiger charge is 2.15. The molecule has 0 radical (unpaired) electrons. The number of aliphatic hydroxyl groups excluding tert-OH is 1. The molecule has 0 spiro atoms. The van der Waals surface area contributed by atoms with Crippen molar-refractivity contribution in [3.8, 4) is 0 Å². The smallest absolute Gasteiger partial charge is 0.0707 e. The van der Waals surface area contributed by atoms with Gasteiger partial charge in [0.2, 0.25) is 0 Å². The van der Waals surface area contributed by atoms with Gasteiger partial charge in [-0.25, -0.2) is 0 Å². The number of aryl methyl sites for hydroxylation is 1. The van der Waals surface area contributed by atoms with Crippen LogP contribution >= 0.6 is 0 Å². The summed E-state index contributed by atoms with van der Waals surface area (Å²) >= 11 is 0. The van der Waals surface area contributed by atoms with E-state index in [-0.39, 0.29) is 6.10 Å². The molecule has 0 amide bonds. The van der Waals surface area contributed by atoms with Crippen LogP contribution in [0.3, 0.4) is 0 Å². The topological polar surface area (TPSA) is 28.4 Å². The van der Waals surface area contributed by atoms with Gasteiger partial charge in [-0.15, -0.1) is 0 Å². The molecule has 3 heteroatoms. The van der Waals surface area contributed by atoms with E-state index in [4.69, 9.17) is 0 Å². The van der Waals surface area contributed by atoms with Crippen LogP contribution in [-0.4, -0.2) is 33.8 Å². The van der Waals surface area contributed by atoms with Crippen LogP contribution in [0.4, 0.5) is 0 Å². The molecule has 0 fully saturated rings. The number of nitrogens with zero attached hydrogens (tertiary/aromatic N) is 2. The summed E-state index contributed by atoms with van der Waals surface area (Å²) in [5, 5.41) is 10.8. The Labute approximate surface area is 182 Å². The van der Waals surface area contributed by atoms with Crippen LogP contribution in [0.15, 0.2) is 72.9 Å². The molecule has 1 heterocycles. The minimum Gasteiger partial charge on any atom is -0.391 e. The summed E-state index contributed by atoms with van der Waals surface area (Å²) in [4.78, 5) is 2.41. The largest absolute Gasteiger partial charge is 0.391 e. The lowest BCUT2D eigenvalue weighted by molar-refractivity contribution is 0.104. The van der Waals surface area contributed by atoms with Crippen molar-refractivity contribution in [1.82, 2.24) is 9.47 Å². The van der Waals surface area contributed by atoms with Gasteiger partial charge in [-0.1, -0.05) is 68.4 Å². The molecule has 1 aromatic heterocycles. The van der Waals surface area contributed by atoms with E-state index in [1.54, 1.807) is 0 Å². The molecule has 160 valence electrons. The van der Waals surface area contributed by atoms with E-state index in [1.807, 2.05) is 18.2 Å². The summed E-state index contributed by atoms with van der Waals surface area (Å²) in [6.45, 7) is 10.1. The highest BCUT2D eigenvalue weighted by molar-refractivity contribution is 5.26. The molecule has 0 aliphatic heterocycles. The number of aromatic nitrogens is 1. The third kappa shape index (κ3) is 6.86. The predicted molar refractivity (Wildman–Crippen MR) is 126 cm³/mol. The number of aliphatic hydroxyl groups is 1. The maximum Gasteiger partial charge on any atom is 0.0707 e. The van der Waals surface area contributed by atoms with Gasteiger partial charge in [0, 0.05) is 31.5 Å². The zero-order valence-corrected chi connectivity index (χ0v) is 18.7. The molecule has 0 unspecified atom stereocenters. The van der Waals surface area contributed by atoms with E-state index < -0.39 is 0 Å². The Hall–Kier alpha value is -2.36. The Morgan fingerprint density at radius 1 is 0.933 bits per heavy atom. The third-order valence-electron chi connectivity index (χ3n) is 5.72. The normalized spacial score (nSPS) is 12.6. The van der Waals surface area contributed by atoms with E-state index >= 15 is 0 Å². The number of hydrogen-bond acceptors (Lipinski definition) is 2. The summed E-state index contributed by atoms with van der Waals surface area (Å²) in [5.41, 5.74) is 5.17. The Kier molecular flexibility index (Phi) is 8.30. The Morgan fingerprint density at radius 2 is 1.67 bits per heavy atom. The second kappa shape index (κ2) is 11.1. The van der Waals surface area contributed by atoms with Gasteiger partial charge < -0.3 is 9.67 Å². The molecule has 0 saturated heterocycles. The zero-order valence-electron chi connectivity index (χ0n) is 18.7. The summed E-state index contributed by atoms with van der Waals surface area (Å²) in [6.07, 6.45) is 3.64. The van der Waals surface area contributed by atoms with Crippen molar-refractivity contribution in [3.63, 3.8) is 0 Å². The van der Waals surface area contributed by atoms with Crippen LogP contribution in [0.1, 0.15) is 42.7 Å². The second-order valence-electron chi connectivity index (χ2n) is 8.82. The van der Waals surface area contributed by atoms with E-state index in [2.05, 4.69) is 85.0 Å². The molecular weight excluding hydrogens is 368 g/mol. The van der Waals surface area contributed by atoms with Gasteiger partial charge in [0.25, 0.3) is 0 Å². The van der Waals surface area contributed by atoms with Gasteiger partial charge in [-0.3, -0.25) is 4.90 Å². The molecule has 30 heavy (non-hydrogen) atoms. The standard InChI is InChI=1S/C27H36N2O/c1-22(2)15-17-28(21-27(30)18-24-11-5-4-6-12-24)20-26-14-9-16-29(26)19-25-13-8-7-10-23(25)3/h4-14,16,22,27,30H,15,17-21H2,1-3H3/t27-/m0/s1. The van der Waals surface area contributed by atoms with Gasteiger partial charge in [0.15, 0.2) is 0 Å². The molecule has 3 aromatic rings. The highest BCUT2D eigenvalue weighted by atomic mass is 16.3. The lowest BCUT2D eigenvalue weighted by atomic mass is 10.1. The predicted octanol–water partition coefficient (Wildman–Crippen LogP) is 5.30. The lowest BCUT2D eigenvalue weighted by Crippen LogP contribution is -2.35. The van der Waals surface area contributed by atoms with Crippen molar-refractivity contribution in [2.75, 3.05) is 13.1 Å². The van der Waals surface area contributed by atoms with Crippen LogP contribution < -0.4 is 0 Å². The van der Waals surface area contributed by atoms with Crippen LogP contribution in [0, 0.1) is 12.8 Å². The fraction of sp³-hybridized carbons (Fsp3) is 0.407. The van der Waals surface area contributed by atoms with Crippen LogP contribution in [-0.2, 0) is 19.5 Å². The maximum absolute atomic E-state index is 10.8. The molecule has 1 N–H and O–H groups in total. The van der Waals surface area contributed by atoms with E-state index in [9.17, 15) is 5.11 Å². The van der Waals surface area contributed by atoms with Crippen molar-refractivity contribution in [3.05, 3.63) is 95.3 Å². The number of rotatable bonds is 11. The fourth-order valence-corrected chi connectivity index (χ4v) is 3.87. The first-order valence-corrected chi connectivity index (χ1v) is 11.1. The Balaban J connectivity index is 1.67. The number of hydrogen-bond donors (Lipinski definition) is 1. The van der Waals surface area contributed by atoms with Crippen molar-refractivity contribution in [2.45, 2.75) is 52.8 Å². The first-order valence-electron chi connectivity index (χ1n) is 11.1. The molecular formula is C27H36N2O. The molecule has 3 nitrogen and oxygen atoms in total. The third-order valence-corrected chi connectivity index (χ3v) is 5.72. The highest BCUT2D eigenvalue weighted by Crippen LogP contribution is 2.15. The van der Waals surface area contributed by atoms with Crippen molar-refractivity contribution in [1.29, 1.82) is 0 Å². The summed E-state index contributed by atoms with van der Waals surface area (Å²) in [6, 6.07) is 23.2. The summed E-state index contributed by atoms with van der Waals surface area (Å²) in [5.74, 6) is 0.650. The molecule has 1 atom stereocenters. The Bertz CT molecular complexity index is 885. The second-order valence-corrected chi connectivity index (χ2v) is 8.82. The maximum atomic E-state index is 10.8. The quantitative estimate of drug-likeness (QED) is 0.470. The van der Waals surface area contributed by atoms with E-state index in [0.717, 1.165) is 26.1 Å². The van der Waals surface area contributed by atoms with Crippen molar-refractivity contribution in [2.24, 2.45) is 5.92 Å².